The van der Waals surface area contributed by atoms with Gasteiger partial charge in [-0.25, -0.2) is 4.99 Å². The molecule has 0 saturated heterocycles. The van der Waals surface area contributed by atoms with Crippen LogP contribution in [0.5, 0.6) is 0 Å². The van der Waals surface area contributed by atoms with Crippen LogP contribution in [0.2, 0.25) is 0 Å². The molecule has 1 aliphatic heterocycles. The van der Waals surface area contributed by atoms with Crippen LogP contribution in [0.3, 0.4) is 0 Å². The molecule has 0 fully saturated rings. The number of amidine groups is 1. The van der Waals surface area contributed by atoms with Crippen molar-refractivity contribution in [3.63, 3.8) is 0 Å². The summed E-state index contributed by atoms with van der Waals surface area (Å²) in [5, 5.41) is 13.4. The van der Waals surface area contributed by atoms with Crippen LogP contribution in [0, 0.1) is 0 Å². The van der Waals surface area contributed by atoms with Crippen molar-refractivity contribution in [3.8, 4) is 0 Å². The molecule has 1 aromatic rings. The molecule has 15 heavy (non-hydrogen) atoms. The van der Waals surface area contributed by atoms with Crippen LogP contribution in [0.15, 0.2) is 11.1 Å². The highest BCUT2D eigenvalue weighted by molar-refractivity contribution is 7.16. The number of aliphatic imine (C=N–C) groups is 1. The fourth-order valence-electron chi connectivity index (χ4n) is 1.54. The van der Waals surface area contributed by atoms with E-state index in [0.29, 0.717) is 5.84 Å². The highest BCUT2D eigenvalue weighted by Crippen LogP contribution is 2.34. The van der Waals surface area contributed by atoms with E-state index in [1.807, 2.05) is 19.9 Å². The Morgan fingerprint density at radius 3 is 3.13 bits per heavy atom. The van der Waals surface area contributed by atoms with Crippen LogP contribution in [-0.2, 0) is 0 Å². The SMILES string of the molecule is CC1N=C(N)c2cc(C(C)CO)sc2N1. The predicted octanol–water partition coefficient (Wildman–Crippen LogP) is 1.32. The van der Waals surface area contributed by atoms with Crippen molar-refractivity contribution in [1.82, 2.24) is 0 Å². The molecule has 2 unspecified atom stereocenters. The summed E-state index contributed by atoms with van der Waals surface area (Å²) in [6, 6.07) is 2.01. The van der Waals surface area contributed by atoms with Gasteiger partial charge < -0.3 is 16.2 Å². The van der Waals surface area contributed by atoms with Crippen molar-refractivity contribution >= 4 is 22.2 Å². The molecule has 1 aliphatic rings. The molecule has 4 N–H and O–H groups in total. The van der Waals surface area contributed by atoms with Gasteiger partial charge in [-0.05, 0) is 13.0 Å². The number of thiophene rings is 1. The third-order valence-electron chi connectivity index (χ3n) is 2.46. The Balaban J connectivity index is 2.37. The summed E-state index contributed by atoms with van der Waals surface area (Å²) in [6.07, 6.45) is 0.0356. The third-order valence-corrected chi connectivity index (χ3v) is 3.76. The van der Waals surface area contributed by atoms with Crippen molar-refractivity contribution in [1.29, 1.82) is 0 Å². The summed E-state index contributed by atoms with van der Waals surface area (Å²) in [5.74, 6) is 0.745. The van der Waals surface area contributed by atoms with Crippen LogP contribution in [0.25, 0.3) is 0 Å². The minimum absolute atomic E-state index is 0.0356. The Morgan fingerprint density at radius 2 is 2.47 bits per heavy atom. The quantitative estimate of drug-likeness (QED) is 0.711. The number of nitrogens with two attached hydrogens (primary N) is 1. The zero-order chi connectivity index (χ0) is 11.0. The van der Waals surface area contributed by atoms with E-state index in [0.717, 1.165) is 15.4 Å². The summed E-state index contributed by atoms with van der Waals surface area (Å²) in [6.45, 7) is 4.12. The normalized spacial score (nSPS) is 21.5. The van der Waals surface area contributed by atoms with E-state index in [-0.39, 0.29) is 18.7 Å². The molecule has 0 aromatic carbocycles. The van der Waals surface area contributed by atoms with Crippen molar-refractivity contribution < 1.29 is 5.11 Å². The molecular formula is C10H15N3OS. The van der Waals surface area contributed by atoms with E-state index >= 15 is 0 Å². The highest BCUT2D eigenvalue weighted by Gasteiger charge is 2.20. The van der Waals surface area contributed by atoms with E-state index in [9.17, 15) is 0 Å². The summed E-state index contributed by atoms with van der Waals surface area (Å²) < 4.78 is 0. The number of hydrogen-bond donors (Lipinski definition) is 3. The molecule has 82 valence electrons. The van der Waals surface area contributed by atoms with Crippen molar-refractivity contribution in [2.75, 3.05) is 11.9 Å². The first kappa shape index (κ1) is 10.4. The fourth-order valence-corrected chi connectivity index (χ4v) is 2.73. The molecule has 0 amide bonds. The lowest BCUT2D eigenvalue weighted by Gasteiger charge is -2.17. The molecule has 2 heterocycles. The van der Waals surface area contributed by atoms with Gasteiger partial charge in [0.25, 0.3) is 0 Å². The third kappa shape index (κ3) is 1.85. The number of nitrogens with one attached hydrogen (secondary N) is 1. The van der Waals surface area contributed by atoms with Gasteiger partial charge in [-0.3, -0.25) is 0 Å². The van der Waals surface area contributed by atoms with Gasteiger partial charge in [0.15, 0.2) is 0 Å². The lowest BCUT2D eigenvalue weighted by atomic mass is 10.1. The van der Waals surface area contributed by atoms with Gasteiger partial charge in [0, 0.05) is 10.8 Å². The molecule has 2 rings (SSSR count). The van der Waals surface area contributed by atoms with Gasteiger partial charge in [-0.15, -0.1) is 11.3 Å². The topological polar surface area (TPSA) is 70.6 Å². The maximum absolute atomic E-state index is 9.09. The predicted molar refractivity (Wildman–Crippen MR) is 63.6 cm³/mol. The fraction of sp³-hybridized carbons (Fsp3) is 0.500. The van der Waals surface area contributed by atoms with Crippen LogP contribution in [0.4, 0.5) is 5.00 Å². The zero-order valence-corrected chi connectivity index (χ0v) is 9.64. The molecular weight excluding hydrogens is 210 g/mol. The number of aliphatic hydroxyl groups excluding tert-OH is 1. The Labute approximate surface area is 92.8 Å². The lowest BCUT2D eigenvalue weighted by Crippen LogP contribution is -2.26. The van der Waals surface area contributed by atoms with Gasteiger partial charge in [-0.2, -0.15) is 0 Å². The molecule has 0 aliphatic carbocycles. The second-order valence-corrected chi connectivity index (χ2v) is 4.89. The lowest BCUT2D eigenvalue weighted by molar-refractivity contribution is 0.274. The van der Waals surface area contributed by atoms with Gasteiger partial charge in [0.2, 0.25) is 0 Å². The first-order chi connectivity index (χ1) is 7.11. The molecule has 4 nitrogen and oxygen atoms in total. The van der Waals surface area contributed by atoms with Gasteiger partial charge >= 0.3 is 0 Å². The second kappa shape index (κ2) is 3.83. The van der Waals surface area contributed by atoms with E-state index in [4.69, 9.17) is 10.8 Å². The Kier molecular flexibility index (Phi) is 2.67. The number of nitrogens with zero attached hydrogens (tertiary/aromatic N) is 1. The van der Waals surface area contributed by atoms with Crippen LogP contribution < -0.4 is 11.1 Å². The van der Waals surface area contributed by atoms with Gasteiger partial charge in [-0.1, -0.05) is 6.92 Å². The Hall–Kier alpha value is -1.07. The standard InChI is InChI=1S/C10H15N3OS/c1-5(4-14)8-3-7-9(11)12-6(2)13-10(7)15-8/h3,5-6,13-14H,4H2,1-2H3,(H2,11,12). The largest absolute Gasteiger partial charge is 0.396 e. The minimum Gasteiger partial charge on any atom is -0.396 e. The van der Waals surface area contributed by atoms with E-state index < -0.39 is 0 Å². The van der Waals surface area contributed by atoms with Crippen molar-refractivity contribution in [2.24, 2.45) is 10.7 Å². The molecule has 0 radical (unpaired) electrons. The Bertz CT molecular complexity index is 399. The average Bonchev–Trinajstić information content (AvgIpc) is 2.60. The van der Waals surface area contributed by atoms with Gasteiger partial charge in [0.05, 0.1) is 12.2 Å². The first-order valence-corrected chi connectivity index (χ1v) is 5.78. The molecule has 0 bridgehead atoms. The maximum atomic E-state index is 9.09. The number of anilines is 1. The van der Waals surface area contributed by atoms with Crippen molar-refractivity contribution in [3.05, 3.63) is 16.5 Å². The van der Waals surface area contributed by atoms with E-state index in [2.05, 4.69) is 10.3 Å². The molecule has 0 spiro atoms. The number of aliphatic hydroxyl groups is 1. The van der Waals surface area contributed by atoms with Crippen LogP contribution in [0.1, 0.15) is 30.2 Å². The minimum atomic E-state index is 0.0356. The Morgan fingerprint density at radius 1 is 1.73 bits per heavy atom. The van der Waals surface area contributed by atoms with Gasteiger partial charge in [0.1, 0.15) is 17.0 Å². The second-order valence-electron chi connectivity index (χ2n) is 3.81. The maximum Gasteiger partial charge on any atom is 0.130 e. The van der Waals surface area contributed by atoms with Crippen molar-refractivity contribution in [2.45, 2.75) is 25.9 Å². The summed E-state index contributed by atoms with van der Waals surface area (Å²) in [7, 11) is 0. The monoisotopic (exact) mass is 225 g/mol. The highest BCUT2D eigenvalue weighted by atomic mass is 32.1. The number of rotatable bonds is 2. The summed E-state index contributed by atoms with van der Waals surface area (Å²) in [5.41, 5.74) is 6.81. The summed E-state index contributed by atoms with van der Waals surface area (Å²) >= 11 is 1.64. The average molecular weight is 225 g/mol. The molecule has 0 saturated carbocycles. The van der Waals surface area contributed by atoms with E-state index in [1.54, 1.807) is 11.3 Å². The molecule has 5 heteroatoms. The van der Waals surface area contributed by atoms with E-state index in [1.165, 1.54) is 0 Å². The zero-order valence-electron chi connectivity index (χ0n) is 8.82. The molecule has 2 atom stereocenters. The summed E-state index contributed by atoms with van der Waals surface area (Å²) in [4.78, 5) is 5.39. The van der Waals surface area contributed by atoms with Crippen LogP contribution >= 0.6 is 11.3 Å². The number of fused-ring (bicyclic) bond motifs is 1. The van der Waals surface area contributed by atoms with Crippen LogP contribution in [-0.4, -0.2) is 23.7 Å². The molecule has 1 aromatic heterocycles. The number of hydrogen-bond acceptors (Lipinski definition) is 5. The smallest absolute Gasteiger partial charge is 0.130 e. The first-order valence-electron chi connectivity index (χ1n) is 4.96.